The molecular formula is C13H20ClNOS. The Kier molecular flexibility index (Phi) is 6.97. The maximum absolute atomic E-state index is 9.22. The Morgan fingerprint density at radius 2 is 2.18 bits per heavy atom. The molecule has 1 atom stereocenters. The van der Waals surface area contributed by atoms with E-state index in [2.05, 4.69) is 25.2 Å². The fourth-order valence-corrected chi connectivity index (χ4v) is 2.85. The Labute approximate surface area is 113 Å². The average Bonchev–Trinajstić information content (AvgIpc) is 2.27. The molecule has 0 bridgehead atoms. The summed E-state index contributed by atoms with van der Waals surface area (Å²) in [6, 6.07) is 8.45. The van der Waals surface area contributed by atoms with Crippen molar-refractivity contribution in [2.45, 2.75) is 37.2 Å². The Morgan fingerprint density at radius 1 is 1.41 bits per heavy atom. The van der Waals surface area contributed by atoms with Gasteiger partial charge in [-0.3, -0.25) is 0 Å². The van der Waals surface area contributed by atoms with Gasteiger partial charge in [0.2, 0.25) is 0 Å². The molecule has 0 aromatic heterocycles. The van der Waals surface area contributed by atoms with E-state index in [0.29, 0.717) is 6.04 Å². The lowest BCUT2D eigenvalue weighted by molar-refractivity contribution is 0.232. The molecule has 2 N–H and O–H groups in total. The third kappa shape index (κ3) is 6.32. The molecule has 0 spiro atoms. The second kappa shape index (κ2) is 7.98. The maximum Gasteiger partial charge on any atom is 0.0585 e. The normalized spacial score (nSPS) is 13.0. The minimum Gasteiger partial charge on any atom is -0.395 e. The van der Waals surface area contributed by atoms with E-state index in [4.69, 9.17) is 11.6 Å². The van der Waals surface area contributed by atoms with E-state index in [1.165, 1.54) is 4.90 Å². The van der Waals surface area contributed by atoms with Crippen LogP contribution in [0.1, 0.15) is 20.3 Å². The molecule has 1 aromatic rings. The number of benzene rings is 1. The summed E-state index contributed by atoms with van der Waals surface area (Å²) < 4.78 is 0. The number of rotatable bonds is 7. The van der Waals surface area contributed by atoms with E-state index < -0.39 is 0 Å². The van der Waals surface area contributed by atoms with Crippen LogP contribution in [0.2, 0.25) is 5.02 Å². The molecule has 1 rings (SSSR count). The molecular weight excluding hydrogens is 254 g/mol. The van der Waals surface area contributed by atoms with Crippen LogP contribution in [0.5, 0.6) is 0 Å². The fourth-order valence-electron chi connectivity index (χ4n) is 1.57. The van der Waals surface area contributed by atoms with Crippen LogP contribution in [0.15, 0.2) is 29.2 Å². The highest BCUT2D eigenvalue weighted by molar-refractivity contribution is 7.99. The summed E-state index contributed by atoms with van der Waals surface area (Å²) in [6.45, 7) is 4.37. The average molecular weight is 274 g/mol. The highest BCUT2D eigenvalue weighted by Crippen LogP contribution is 2.22. The van der Waals surface area contributed by atoms with Gasteiger partial charge in [0.15, 0.2) is 0 Å². The van der Waals surface area contributed by atoms with Gasteiger partial charge in [-0.15, -0.1) is 11.8 Å². The molecule has 1 aromatic carbocycles. The van der Waals surface area contributed by atoms with Crippen molar-refractivity contribution >= 4 is 23.4 Å². The first kappa shape index (κ1) is 14.8. The van der Waals surface area contributed by atoms with Gasteiger partial charge >= 0.3 is 0 Å². The number of halogens is 1. The number of thioether (sulfide) groups is 1. The third-order valence-corrected chi connectivity index (χ3v) is 3.58. The Morgan fingerprint density at radius 3 is 2.76 bits per heavy atom. The van der Waals surface area contributed by atoms with Gasteiger partial charge in [0.25, 0.3) is 0 Å². The Hall–Kier alpha value is -0.220. The minimum atomic E-state index is 0.182. The lowest BCUT2D eigenvalue weighted by Crippen LogP contribution is -2.37. The molecule has 0 radical (unpaired) electrons. The quantitative estimate of drug-likeness (QED) is 0.749. The van der Waals surface area contributed by atoms with Gasteiger partial charge in [-0.1, -0.05) is 31.5 Å². The van der Waals surface area contributed by atoms with Crippen LogP contribution in [0.25, 0.3) is 0 Å². The van der Waals surface area contributed by atoms with Crippen molar-refractivity contribution in [1.29, 1.82) is 0 Å². The highest BCUT2D eigenvalue weighted by atomic mass is 35.5. The predicted molar refractivity (Wildman–Crippen MR) is 75.9 cm³/mol. The van der Waals surface area contributed by atoms with Crippen molar-refractivity contribution in [2.75, 3.05) is 12.4 Å². The van der Waals surface area contributed by atoms with Gasteiger partial charge < -0.3 is 10.4 Å². The second-order valence-corrected chi connectivity index (χ2v) is 5.90. The largest absolute Gasteiger partial charge is 0.395 e. The van der Waals surface area contributed by atoms with Crippen LogP contribution in [0.3, 0.4) is 0 Å². The molecule has 96 valence electrons. The van der Waals surface area contributed by atoms with Crippen molar-refractivity contribution in [3.05, 3.63) is 29.3 Å². The molecule has 1 unspecified atom stereocenters. The molecule has 0 aliphatic heterocycles. The number of hydrogen-bond acceptors (Lipinski definition) is 3. The van der Waals surface area contributed by atoms with Crippen LogP contribution in [-0.4, -0.2) is 29.5 Å². The lowest BCUT2D eigenvalue weighted by atomic mass is 10.2. The van der Waals surface area contributed by atoms with Gasteiger partial charge in [0, 0.05) is 22.0 Å². The fraction of sp³-hybridized carbons (Fsp3) is 0.538. The van der Waals surface area contributed by atoms with Gasteiger partial charge in [0.1, 0.15) is 0 Å². The van der Waals surface area contributed by atoms with E-state index >= 15 is 0 Å². The zero-order valence-electron chi connectivity index (χ0n) is 10.3. The summed E-state index contributed by atoms with van der Waals surface area (Å²) in [5.41, 5.74) is 0. The van der Waals surface area contributed by atoms with Gasteiger partial charge in [-0.2, -0.15) is 0 Å². The van der Waals surface area contributed by atoms with Crippen molar-refractivity contribution in [3.63, 3.8) is 0 Å². The highest BCUT2D eigenvalue weighted by Gasteiger charge is 2.08. The van der Waals surface area contributed by atoms with Crippen molar-refractivity contribution in [2.24, 2.45) is 0 Å². The molecule has 0 saturated heterocycles. The first-order valence-corrected chi connectivity index (χ1v) is 7.23. The van der Waals surface area contributed by atoms with E-state index in [1.54, 1.807) is 11.8 Å². The van der Waals surface area contributed by atoms with Crippen molar-refractivity contribution in [1.82, 2.24) is 5.32 Å². The lowest BCUT2D eigenvalue weighted by Gasteiger charge is -2.18. The topological polar surface area (TPSA) is 32.3 Å². The summed E-state index contributed by atoms with van der Waals surface area (Å²) in [5.74, 6) is 0.977. The number of aliphatic hydroxyl groups excluding tert-OH is 1. The van der Waals surface area contributed by atoms with Crippen LogP contribution >= 0.6 is 23.4 Å². The summed E-state index contributed by atoms with van der Waals surface area (Å²) in [6.07, 6.45) is 0.950. The number of nitrogens with one attached hydrogen (secondary N) is 1. The predicted octanol–water partition coefficient (Wildman–Crippen LogP) is 3.18. The zero-order chi connectivity index (χ0) is 12.7. The molecule has 0 amide bonds. The summed E-state index contributed by atoms with van der Waals surface area (Å²) in [5, 5.41) is 13.3. The Bertz CT molecular complexity index is 333. The van der Waals surface area contributed by atoms with Crippen LogP contribution < -0.4 is 5.32 Å². The third-order valence-electron chi connectivity index (χ3n) is 2.32. The Balaban J connectivity index is 2.31. The van der Waals surface area contributed by atoms with Crippen molar-refractivity contribution in [3.8, 4) is 0 Å². The SMILES string of the molecule is CC(C)NC(CO)CCSc1cccc(Cl)c1. The monoisotopic (exact) mass is 273 g/mol. The summed E-state index contributed by atoms with van der Waals surface area (Å²) in [7, 11) is 0. The van der Waals surface area contributed by atoms with Crippen LogP contribution in [-0.2, 0) is 0 Å². The molecule has 2 nitrogen and oxygen atoms in total. The van der Waals surface area contributed by atoms with E-state index in [1.807, 2.05) is 18.2 Å². The smallest absolute Gasteiger partial charge is 0.0585 e. The number of aliphatic hydroxyl groups is 1. The molecule has 17 heavy (non-hydrogen) atoms. The molecule has 0 aliphatic carbocycles. The minimum absolute atomic E-state index is 0.182. The van der Waals surface area contributed by atoms with Crippen molar-refractivity contribution < 1.29 is 5.11 Å². The molecule has 0 aliphatic rings. The molecule has 0 fully saturated rings. The first-order chi connectivity index (χ1) is 8.11. The van der Waals surface area contributed by atoms with Crippen LogP contribution in [0.4, 0.5) is 0 Å². The van der Waals surface area contributed by atoms with Gasteiger partial charge in [0.05, 0.1) is 6.61 Å². The van der Waals surface area contributed by atoms with Crippen LogP contribution in [0, 0.1) is 0 Å². The maximum atomic E-state index is 9.22. The van der Waals surface area contributed by atoms with Gasteiger partial charge in [-0.05, 0) is 30.4 Å². The van der Waals surface area contributed by atoms with E-state index in [9.17, 15) is 5.11 Å². The molecule has 0 saturated carbocycles. The summed E-state index contributed by atoms with van der Waals surface area (Å²) in [4.78, 5) is 1.18. The molecule has 0 heterocycles. The van der Waals surface area contributed by atoms with E-state index in [-0.39, 0.29) is 12.6 Å². The van der Waals surface area contributed by atoms with Gasteiger partial charge in [-0.25, -0.2) is 0 Å². The second-order valence-electron chi connectivity index (χ2n) is 4.30. The number of hydrogen-bond donors (Lipinski definition) is 2. The first-order valence-electron chi connectivity index (χ1n) is 5.87. The summed E-state index contributed by atoms with van der Waals surface area (Å²) >= 11 is 7.69. The van der Waals surface area contributed by atoms with E-state index in [0.717, 1.165) is 17.2 Å². The standard InChI is InChI=1S/C13H20ClNOS/c1-10(2)15-12(9-16)6-7-17-13-5-3-4-11(14)8-13/h3-5,8,10,12,15-16H,6-7,9H2,1-2H3. The zero-order valence-corrected chi connectivity index (χ0v) is 11.9. The molecule has 4 heteroatoms.